The van der Waals surface area contributed by atoms with Crippen molar-refractivity contribution in [3.05, 3.63) is 35.9 Å². The Morgan fingerprint density at radius 3 is 2.56 bits per heavy atom. The van der Waals surface area contributed by atoms with Crippen molar-refractivity contribution in [3.63, 3.8) is 0 Å². The van der Waals surface area contributed by atoms with E-state index in [0.717, 1.165) is 11.8 Å². The number of hydrogen-bond donors (Lipinski definition) is 0. The average molecular weight is 381 g/mol. The van der Waals surface area contributed by atoms with Gasteiger partial charge in [-0.25, -0.2) is 4.79 Å². The summed E-state index contributed by atoms with van der Waals surface area (Å²) in [6.07, 6.45) is -0.0951. The molecule has 6 nitrogen and oxygen atoms in total. The number of carbonyl (C=O) groups is 4. The minimum Gasteiger partial charge on any atom is -0.467 e. The number of ether oxygens (including phenoxy) is 1. The van der Waals surface area contributed by atoms with Gasteiger partial charge in [-0.2, -0.15) is 0 Å². The van der Waals surface area contributed by atoms with Crippen molar-refractivity contribution in [1.82, 2.24) is 4.90 Å². The molecule has 0 N–H and O–H groups in total. The van der Waals surface area contributed by atoms with E-state index in [1.54, 1.807) is 30.3 Å². The highest BCUT2D eigenvalue weighted by molar-refractivity contribution is 8.14. The van der Waals surface area contributed by atoms with Gasteiger partial charge >= 0.3 is 5.97 Å². The zero-order valence-electron chi connectivity index (χ0n) is 14.0. The van der Waals surface area contributed by atoms with Crippen molar-refractivity contribution >= 4 is 46.3 Å². The minimum atomic E-state index is -0.851. The summed E-state index contributed by atoms with van der Waals surface area (Å²) in [6.45, 7) is 1.36. The summed E-state index contributed by atoms with van der Waals surface area (Å²) in [5, 5.41) is -1.10. The average Bonchev–Trinajstić information content (AvgIpc) is 3.09. The maximum Gasteiger partial charge on any atom is 0.329 e. The number of thioether (sulfide) groups is 2. The van der Waals surface area contributed by atoms with Gasteiger partial charge in [0.05, 0.1) is 18.2 Å². The lowest BCUT2D eigenvalue weighted by Crippen LogP contribution is -2.46. The molecule has 1 aromatic rings. The largest absolute Gasteiger partial charge is 0.467 e. The SMILES string of the molecule is COC(=O)[C@@H]1CSCN1C(=O)C(CC(=O)c1ccccc1)SC(C)=O. The molecule has 1 unspecified atom stereocenters. The third-order valence-electron chi connectivity index (χ3n) is 3.69. The lowest BCUT2D eigenvalue weighted by molar-refractivity contribution is -0.150. The van der Waals surface area contributed by atoms with E-state index in [0.29, 0.717) is 17.2 Å². The molecule has 0 saturated carbocycles. The summed E-state index contributed by atoms with van der Waals surface area (Å²) >= 11 is 2.27. The van der Waals surface area contributed by atoms with Crippen LogP contribution in [0, 0.1) is 0 Å². The van der Waals surface area contributed by atoms with Gasteiger partial charge in [-0.15, -0.1) is 11.8 Å². The Morgan fingerprint density at radius 2 is 1.96 bits per heavy atom. The summed E-state index contributed by atoms with van der Waals surface area (Å²) in [6, 6.07) is 7.95. The van der Waals surface area contributed by atoms with Crippen LogP contribution >= 0.6 is 23.5 Å². The van der Waals surface area contributed by atoms with Gasteiger partial charge in [0.1, 0.15) is 6.04 Å². The summed E-state index contributed by atoms with van der Waals surface area (Å²) in [7, 11) is 1.27. The highest BCUT2D eigenvalue weighted by atomic mass is 32.2. The molecule has 0 spiro atoms. The molecule has 1 amide bonds. The number of hydrogen-bond acceptors (Lipinski definition) is 7. The quantitative estimate of drug-likeness (QED) is 0.550. The van der Waals surface area contributed by atoms with Gasteiger partial charge in [0.2, 0.25) is 5.91 Å². The van der Waals surface area contributed by atoms with Crippen LogP contribution in [0.25, 0.3) is 0 Å². The Hall–Kier alpha value is -1.80. The van der Waals surface area contributed by atoms with E-state index in [2.05, 4.69) is 0 Å². The van der Waals surface area contributed by atoms with Crippen molar-refractivity contribution < 1.29 is 23.9 Å². The van der Waals surface area contributed by atoms with Gasteiger partial charge in [-0.1, -0.05) is 42.1 Å². The van der Waals surface area contributed by atoms with Crippen molar-refractivity contribution in [3.8, 4) is 0 Å². The predicted molar refractivity (Wildman–Crippen MR) is 97.4 cm³/mol. The number of esters is 1. The van der Waals surface area contributed by atoms with E-state index in [9.17, 15) is 19.2 Å². The molecule has 1 aromatic carbocycles. The lowest BCUT2D eigenvalue weighted by atomic mass is 10.1. The molecule has 0 aliphatic carbocycles. The van der Waals surface area contributed by atoms with E-state index in [1.807, 2.05) is 0 Å². The van der Waals surface area contributed by atoms with E-state index in [4.69, 9.17) is 4.74 Å². The number of nitrogens with zero attached hydrogens (tertiary/aromatic N) is 1. The number of ketones is 1. The van der Waals surface area contributed by atoms with E-state index < -0.39 is 17.3 Å². The molecule has 0 bridgehead atoms. The van der Waals surface area contributed by atoms with Crippen molar-refractivity contribution in [1.29, 1.82) is 0 Å². The third-order valence-corrected chi connectivity index (χ3v) is 5.69. The smallest absolute Gasteiger partial charge is 0.329 e. The van der Waals surface area contributed by atoms with E-state index in [1.165, 1.54) is 30.7 Å². The molecule has 1 saturated heterocycles. The fourth-order valence-electron chi connectivity index (χ4n) is 2.47. The summed E-state index contributed by atoms with van der Waals surface area (Å²) in [5.41, 5.74) is 0.491. The van der Waals surface area contributed by atoms with E-state index >= 15 is 0 Å². The first-order valence-electron chi connectivity index (χ1n) is 7.65. The molecule has 0 radical (unpaired) electrons. The van der Waals surface area contributed by atoms with Crippen LogP contribution in [0.15, 0.2) is 30.3 Å². The standard InChI is InChI=1S/C17H19NO5S2/c1-11(19)25-15(8-14(20)12-6-4-3-5-7-12)16(21)18-10-24-9-13(18)17(22)23-2/h3-7,13,15H,8-10H2,1-2H3/t13-,15?/m0/s1. The highest BCUT2D eigenvalue weighted by Crippen LogP contribution is 2.27. The zero-order valence-corrected chi connectivity index (χ0v) is 15.6. The number of carbonyl (C=O) groups excluding carboxylic acids is 4. The Labute approximate surface area is 154 Å². The number of Topliss-reactive ketones (excluding diaryl/α,β-unsaturated/α-hetero) is 1. The molecule has 1 aliphatic rings. The van der Waals surface area contributed by atoms with Crippen LogP contribution < -0.4 is 0 Å². The molecular weight excluding hydrogens is 362 g/mol. The zero-order chi connectivity index (χ0) is 18.4. The Kier molecular flexibility index (Phi) is 7.07. The first-order chi connectivity index (χ1) is 11.9. The maximum absolute atomic E-state index is 12.9. The maximum atomic E-state index is 12.9. The molecule has 1 aliphatic heterocycles. The van der Waals surface area contributed by atoms with Crippen LogP contribution in [0.1, 0.15) is 23.7 Å². The number of benzene rings is 1. The van der Waals surface area contributed by atoms with Crippen molar-refractivity contribution in [2.45, 2.75) is 24.6 Å². The van der Waals surface area contributed by atoms with Crippen LogP contribution in [0.5, 0.6) is 0 Å². The molecule has 2 rings (SSSR count). The van der Waals surface area contributed by atoms with Crippen LogP contribution in [0.4, 0.5) is 0 Å². The van der Waals surface area contributed by atoms with E-state index in [-0.39, 0.29) is 23.2 Å². The monoisotopic (exact) mass is 381 g/mol. The fourth-order valence-corrected chi connectivity index (χ4v) is 4.49. The molecule has 1 heterocycles. The van der Waals surface area contributed by atoms with Crippen molar-refractivity contribution in [2.24, 2.45) is 0 Å². The Balaban J connectivity index is 2.16. The highest BCUT2D eigenvalue weighted by Gasteiger charge is 2.39. The molecular formula is C17H19NO5S2. The summed E-state index contributed by atoms with van der Waals surface area (Å²) in [4.78, 5) is 50.1. The second-order valence-corrected chi connectivity index (χ2v) is 7.82. The van der Waals surface area contributed by atoms with Crippen LogP contribution in [0.2, 0.25) is 0 Å². The predicted octanol–water partition coefficient (Wildman–Crippen LogP) is 1.98. The molecule has 8 heteroatoms. The molecule has 2 atom stereocenters. The number of rotatable bonds is 6. The fraction of sp³-hybridized carbons (Fsp3) is 0.412. The molecule has 1 fully saturated rings. The molecule has 25 heavy (non-hydrogen) atoms. The molecule has 0 aromatic heterocycles. The van der Waals surface area contributed by atoms with Crippen LogP contribution in [-0.4, -0.2) is 57.7 Å². The minimum absolute atomic E-state index is 0.0951. The molecule has 134 valence electrons. The Bertz CT molecular complexity index is 664. The van der Waals surface area contributed by atoms with Crippen LogP contribution in [0.3, 0.4) is 0 Å². The summed E-state index contributed by atoms with van der Waals surface area (Å²) in [5.74, 6) is -0.298. The Morgan fingerprint density at radius 1 is 1.28 bits per heavy atom. The van der Waals surface area contributed by atoms with Crippen LogP contribution in [-0.2, 0) is 19.1 Å². The topological polar surface area (TPSA) is 80.8 Å². The van der Waals surface area contributed by atoms with Crippen molar-refractivity contribution in [2.75, 3.05) is 18.7 Å². The van der Waals surface area contributed by atoms with Gasteiger partial charge in [-0.05, 0) is 0 Å². The van der Waals surface area contributed by atoms with Gasteiger partial charge in [0.25, 0.3) is 0 Å². The second kappa shape index (κ2) is 9.05. The van der Waals surface area contributed by atoms with Gasteiger partial charge in [0.15, 0.2) is 10.9 Å². The number of amides is 1. The first-order valence-corrected chi connectivity index (χ1v) is 9.69. The van der Waals surface area contributed by atoms with Gasteiger partial charge < -0.3 is 9.64 Å². The summed E-state index contributed by atoms with van der Waals surface area (Å²) < 4.78 is 4.74. The lowest BCUT2D eigenvalue weighted by Gasteiger charge is -2.25. The third kappa shape index (κ3) is 5.09. The van der Waals surface area contributed by atoms with Gasteiger partial charge in [0, 0.05) is 24.7 Å². The van der Waals surface area contributed by atoms with Gasteiger partial charge in [-0.3, -0.25) is 14.4 Å². The normalized spacial score (nSPS) is 17.8. The first kappa shape index (κ1) is 19.5. The second-order valence-electron chi connectivity index (χ2n) is 5.44. The number of methoxy groups -OCH3 is 1.